The Morgan fingerprint density at radius 3 is 3.22 bits per heavy atom. The van der Waals surface area contributed by atoms with Crippen molar-refractivity contribution in [2.45, 2.75) is 12.6 Å². The van der Waals surface area contributed by atoms with Crippen LogP contribution in [0.4, 0.5) is 5.69 Å². The van der Waals surface area contributed by atoms with Crippen molar-refractivity contribution in [1.29, 1.82) is 5.26 Å². The van der Waals surface area contributed by atoms with Crippen LogP contribution in [0.3, 0.4) is 0 Å². The topological polar surface area (TPSA) is 60.7 Å². The standard InChI is InChI=1S/C13H14N4O/c14-7-11-9-17(5-6-18-11)13-15-8-10-3-1-2-4-12(10)16-13/h1-4,11H,5-6,8-9H2,(H,15,16). The highest BCUT2D eigenvalue weighted by Crippen LogP contribution is 2.21. The number of ether oxygens (including phenoxy) is 1. The Balaban J connectivity index is 1.75. The minimum Gasteiger partial charge on any atom is -0.360 e. The molecule has 5 heteroatoms. The van der Waals surface area contributed by atoms with Crippen LogP contribution in [0.2, 0.25) is 0 Å². The van der Waals surface area contributed by atoms with Gasteiger partial charge in [-0.2, -0.15) is 5.26 Å². The number of nitriles is 1. The largest absolute Gasteiger partial charge is 0.360 e. The second kappa shape index (κ2) is 4.67. The van der Waals surface area contributed by atoms with Crippen molar-refractivity contribution >= 4 is 11.6 Å². The zero-order chi connectivity index (χ0) is 12.4. The second-order valence-electron chi connectivity index (χ2n) is 4.36. The van der Waals surface area contributed by atoms with Crippen LogP contribution in [0.25, 0.3) is 0 Å². The summed E-state index contributed by atoms with van der Waals surface area (Å²) in [5.41, 5.74) is 2.30. The number of nitrogens with zero attached hydrogens (tertiary/aromatic N) is 3. The SMILES string of the molecule is N#CC1CN(C2=NCc3ccccc3N2)CCO1. The molecule has 0 saturated carbocycles. The van der Waals surface area contributed by atoms with Crippen LogP contribution in [0.15, 0.2) is 29.3 Å². The molecule has 1 aromatic rings. The monoisotopic (exact) mass is 242 g/mol. The summed E-state index contributed by atoms with van der Waals surface area (Å²) in [6.45, 7) is 2.60. The van der Waals surface area contributed by atoms with Gasteiger partial charge in [-0.15, -0.1) is 0 Å². The van der Waals surface area contributed by atoms with Crippen molar-refractivity contribution < 1.29 is 4.74 Å². The first-order valence-corrected chi connectivity index (χ1v) is 6.02. The van der Waals surface area contributed by atoms with Crippen molar-refractivity contribution in [2.75, 3.05) is 25.0 Å². The van der Waals surface area contributed by atoms with Gasteiger partial charge in [0.05, 0.1) is 25.8 Å². The Kier molecular flexibility index (Phi) is 2.87. The molecular formula is C13H14N4O. The Labute approximate surface area is 106 Å². The number of rotatable bonds is 0. The Morgan fingerprint density at radius 1 is 1.44 bits per heavy atom. The zero-order valence-corrected chi connectivity index (χ0v) is 9.97. The van der Waals surface area contributed by atoms with Gasteiger partial charge in [-0.3, -0.25) is 0 Å². The number of guanidine groups is 1. The van der Waals surface area contributed by atoms with Crippen LogP contribution in [0.1, 0.15) is 5.56 Å². The molecular weight excluding hydrogens is 228 g/mol. The molecule has 2 heterocycles. The number of nitrogens with one attached hydrogen (secondary N) is 1. The predicted octanol–water partition coefficient (Wildman–Crippen LogP) is 1.19. The van der Waals surface area contributed by atoms with Gasteiger partial charge in [0.2, 0.25) is 0 Å². The molecule has 3 rings (SSSR count). The van der Waals surface area contributed by atoms with Gasteiger partial charge in [0, 0.05) is 12.2 Å². The molecule has 1 unspecified atom stereocenters. The number of aliphatic imine (C=N–C) groups is 1. The van der Waals surface area contributed by atoms with Crippen molar-refractivity contribution in [3.63, 3.8) is 0 Å². The minimum atomic E-state index is -0.361. The maximum atomic E-state index is 8.90. The third-order valence-electron chi connectivity index (χ3n) is 3.17. The van der Waals surface area contributed by atoms with E-state index in [1.54, 1.807) is 0 Å². The van der Waals surface area contributed by atoms with Gasteiger partial charge in [-0.05, 0) is 11.6 Å². The van der Waals surface area contributed by atoms with Crippen molar-refractivity contribution in [2.24, 2.45) is 4.99 Å². The summed E-state index contributed by atoms with van der Waals surface area (Å²) in [5, 5.41) is 12.2. The smallest absolute Gasteiger partial charge is 0.199 e. The molecule has 1 atom stereocenters. The van der Waals surface area contributed by atoms with E-state index >= 15 is 0 Å². The molecule has 0 spiro atoms. The summed E-state index contributed by atoms with van der Waals surface area (Å²) >= 11 is 0. The predicted molar refractivity (Wildman–Crippen MR) is 68.1 cm³/mol. The number of hydrogen-bond acceptors (Lipinski definition) is 5. The number of anilines is 1. The quantitative estimate of drug-likeness (QED) is 0.742. The minimum absolute atomic E-state index is 0.361. The van der Waals surface area contributed by atoms with Gasteiger partial charge in [-0.25, -0.2) is 4.99 Å². The molecule has 1 aromatic carbocycles. The number of morpholine rings is 1. The van der Waals surface area contributed by atoms with E-state index in [-0.39, 0.29) is 6.10 Å². The fourth-order valence-corrected chi connectivity index (χ4v) is 2.20. The van der Waals surface area contributed by atoms with E-state index in [9.17, 15) is 0 Å². The van der Waals surface area contributed by atoms with Crippen LogP contribution in [0.5, 0.6) is 0 Å². The Morgan fingerprint density at radius 2 is 2.33 bits per heavy atom. The molecule has 2 aliphatic rings. The number of benzene rings is 1. The summed E-state index contributed by atoms with van der Waals surface area (Å²) in [5.74, 6) is 0.845. The lowest BCUT2D eigenvalue weighted by molar-refractivity contribution is 0.0263. The summed E-state index contributed by atoms with van der Waals surface area (Å²) in [6.07, 6.45) is -0.361. The summed E-state index contributed by atoms with van der Waals surface area (Å²) in [7, 11) is 0. The first-order valence-electron chi connectivity index (χ1n) is 6.02. The lowest BCUT2D eigenvalue weighted by Crippen LogP contribution is -2.48. The molecule has 0 aliphatic carbocycles. The highest BCUT2D eigenvalue weighted by atomic mass is 16.5. The van der Waals surface area contributed by atoms with Crippen LogP contribution >= 0.6 is 0 Å². The molecule has 0 bridgehead atoms. The molecule has 1 fully saturated rings. The van der Waals surface area contributed by atoms with Crippen molar-refractivity contribution in [1.82, 2.24) is 4.90 Å². The van der Waals surface area contributed by atoms with Gasteiger partial charge in [0.25, 0.3) is 0 Å². The fourth-order valence-electron chi connectivity index (χ4n) is 2.20. The normalized spacial score (nSPS) is 22.5. The lowest BCUT2D eigenvalue weighted by atomic mass is 10.1. The number of hydrogen-bond donors (Lipinski definition) is 1. The number of fused-ring (bicyclic) bond motifs is 1. The average molecular weight is 242 g/mol. The summed E-state index contributed by atoms with van der Waals surface area (Å²) in [4.78, 5) is 6.61. The summed E-state index contributed by atoms with van der Waals surface area (Å²) in [6, 6.07) is 10.3. The molecule has 2 aliphatic heterocycles. The first-order chi connectivity index (χ1) is 8.86. The first kappa shape index (κ1) is 11.1. The molecule has 0 radical (unpaired) electrons. The van der Waals surface area contributed by atoms with E-state index < -0.39 is 0 Å². The Hall–Kier alpha value is -2.06. The van der Waals surface area contributed by atoms with Gasteiger partial charge < -0.3 is 15.0 Å². The van der Waals surface area contributed by atoms with Gasteiger partial charge >= 0.3 is 0 Å². The molecule has 92 valence electrons. The lowest BCUT2D eigenvalue weighted by Gasteiger charge is -2.34. The van der Waals surface area contributed by atoms with Crippen LogP contribution in [-0.4, -0.2) is 36.7 Å². The maximum absolute atomic E-state index is 8.90. The summed E-state index contributed by atoms with van der Waals surface area (Å²) < 4.78 is 5.33. The molecule has 0 amide bonds. The Bertz CT molecular complexity index is 520. The molecule has 5 nitrogen and oxygen atoms in total. The van der Waals surface area contributed by atoms with E-state index in [1.165, 1.54) is 5.56 Å². The van der Waals surface area contributed by atoms with Gasteiger partial charge in [0.15, 0.2) is 12.1 Å². The molecule has 1 N–H and O–H groups in total. The fraction of sp³-hybridized carbons (Fsp3) is 0.385. The zero-order valence-electron chi connectivity index (χ0n) is 9.97. The second-order valence-corrected chi connectivity index (χ2v) is 4.36. The molecule has 1 saturated heterocycles. The number of para-hydroxylation sites is 1. The molecule has 0 aromatic heterocycles. The van der Waals surface area contributed by atoms with E-state index in [0.29, 0.717) is 19.7 Å². The van der Waals surface area contributed by atoms with E-state index in [4.69, 9.17) is 10.00 Å². The average Bonchev–Trinajstić information content (AvgIpc) is 2.47. The van der Waals surface area contributed by atoms with E-state index in [1.807, 2.05) is 18.2 Å². The van der Waals surface area contributed by atoms with Gasteiger partial charge in [0.1, 0.15) is 0 Å². The third kappa shape index (κ3) is 2.03. The third-order valence-corrected chi connectivity index (χ3v) is 3.17. The van der Waals surface area contributed by atoms with Crippen LogP contribution < -0.4 is 5.32 Å². The van der Waals surface area contributed by atoms with Crippen LogP contribution in [-0.2, 0) is 11.3 Å². The highest BCUT2D eigenvalue weighted by molar-refractivity contribution is 5.95. The maximum Gasteiger partial charge on any atom is 0.199 e. The molecule has 18 heavy (non-hydrogen) atoms. The van der Waals surface area contributed by atoms with Crippen molar-refractivity contribution in [3.8, 4) is 6.07 Å². The van der Waals surface area contributed by atoms with Gasteiger partial charge in [-0.1, -0.05) is 18.2 Å². The van der Waals surface area contributed by atoms with Crippen molar-refractivity contribution in [3.05, 3.63) is 29.8 Å². The van der Waals surface area contributed by atoms with E-state index in [2.05, 4.69) is 27.3 Å². The van der Waals surface area contributed by atoms with Crippen LogP contribution in [0, 0.1) is 11.3 Å². The highest BCUT2D eigenvalue weighted by Gasteiger charge is 2.24. The van der Waals surface area contributed by atoms with E-state index in [0.717, 1.165) is 18.2 Å².